The minimum Gasteiger partial charge on any atom is -0.330 e. The van der Waals surface area contributed by atoms with Crippen molar-refractivity contribution >= 4 is 0 Å². The van der Waals surface area contributed by atoms with E-state index in [4.69, 9.17) is 5.73 Å². The van der Waals surface area contributed by atoms with Crippen molar-refractivity contribution in [2.45, 2.75) is 26.7 Å². The Morgan fingerprint density at radius 3 is 2.22 bits per heavy atom. The molecule has 0 saturated carbocycles. The first kappa shape index (κ1) is 12.8. The second kappa shape index (κ2) is 5.83. The summed E-state index contributed by atoms with van der Waals surface area (Å²) in [6, 6.07) is 15.4. The first-order valence-electron chi connectivity index (χ1n) is 6.57. The van der Waals surface area contributed by atoms with Gasteiger partial charge in [0.1, 0.15) is 0 Å². The van der Waals surface area contributed by atoms with Gasteiger partial charge in [0.2, 0.25) is 0 Å². The molecule has 0 heterocycles. The van der Waals surface area contributed by atoms with Gasteiger partial charge in [0.25, 0.3) is 0 Å². The predicted molar refractivity (Wildman–Crippen MR) is 78.7 cm³/mol. The third kappa shape index (κ3) is 2.99. The number of benzene rings is 2. The van der Waals surface area contributed by atoms with Crippen LogP contribution in [-0.2, 0) is 6.42 Å². The number of aryl methyl sites for hydroxylation is 3. The van der Waals surface area contributed by atoms with E-state index >= 15 is 0 Å². The fourth-order valence-electron chi connectivity index (χ4n) is 2.16. The summed E-state index contributed by atoms with van der Waals surface area (Å²) in [7, 11) is 0. The quantitative estimate of drug-likeness (QED) is 0.861. The van der Waals surface area contributed by atoms with Crippen LogP contribution in [0.5, 0.6) is 0 Å². The highest BCUT2D eigenvalue weighted by atomic mass is 14.5. The lowest BCUT2D eigenvalue weighted by atomic mass is 9.97. The van der Waals surface area contributed by atoms with Crippen LogP contribution in [0.25, 0.3) is 11.1 Å². The largest absolute Gasteiger partial charge is 0.330 e. The number of nitrogens with two attached hydrogens (primary N) is 1. The number of hydrogen-bond acceptors (Lipinski definition) is 1. The first-order chi connectivity index (χ1) is 8.70. The Kier molecular flexibility index (Phi) is 4.16. The fraction of sp³-hybridized carbons (Fsp3) is 0.294. The van der Waals surface area contributed by atoms with Gasteiger partial charge in [-0.05, 0) is 55.5 Å². The highest BCUT2D eigenvalue weighted by molar-refractivity contribution is 5.65. The van der Waals surface area contributed by atoms with E-state index in [-0.39, 0.29) is 0 Å². The monoisotopic (exact) mass is 239 g/mol. The molecule has 0 spiro atoms. The van der Waals surface area contributed by atoms with Crippen LogP contribution in [0.15, 0.2) is 42.5 Å². The molecule has 0 fully saturated rings. The van der Waals surface area contributed by atoms with E-state index in [0.29, 0.717) is 0 Å². The van der Waals surface area contributed by atoms with Gasteiger partial charge in [0.05, 0.1) is 0 Å². The summed E-state index contributed by atoms with van der Waals surface area (Å²) >= 11 is 0. The zero-order valence-corrected chi connectivity index (χ0v) is 11.2. The molecule has 94 valence electrons. The molecular formula is C17H21N. The van der Waals surface area contributed by atoms with Crippen molar-refractivity contribution in [3.05, 3.63) is 59.2 Å². The molecule has 0 atom stereocenters. The van der Waals surface area contributed by atoms with E-state index in [1.165, 1.54) is 27.8 Å². The molecule has 0 aromatic heterocycles. The maximum Gasteiger partial charge on any atom is -0.00741 e. The van der Waals surface area contributed by atoms with Crippen LogP contribution >= 0.6 is 0 Å². The minimum atomic E-state index is 0.758. The molecule has 1 nitrogen and oxygen atoms in total. The summed E-state index contributed by atoms with van der Waals surface area (Å²) in [6.07, 6.45) is 2.13. The van der Waals surface area contributed by atoms with Crippen LogP contribution in [0.3, 0.4) is 0 Å². The normalized spacial score (nSPS) is 10.6. The summed E-state index contributed by atoms with van der Waals surface area (Å²) in [5, 5.41) is 0. The van der Waals surface area contributed by atoms with E-state index in [1.807, 2.05) is 0 Å². The molecular weight excluding hydrogens is 218 g/mol. The molecule has 0 aliphatic heterocycles. The van der Waals surface area contributed by atoms with Gasteiger partial charge in [-0.2, -0.15) is 0 Å². The van der Waals surface area contributed by atoms with E-state index in [2.05, 4.69) is 56.3 Å². The molecule has 2 aromatic carbocycles. The molecule has 0 radical (unpaired) electrons. The first-order valence-corrected chi connectivity index (χ1v) is 6.57. The highest BCUT2D eigenvalue weighted by Gasteiger charge is 2.02. The second-order valence-electron chi connectivity index (χ2n) is 4.90. The molecule has 2 aromatic rings. The lowest BCUT2D eigenvalue weighted by molar-refractivity contribution is 0.828. The molecule has 0 bridgehead atoms. The molecule has 2 rings (SSSR count). The van der Waals surface area contributed by atoms with Crippen molar-refractivity contribution < 1.29 is 0 Å². The van der Waals surface area contributed by atoms with Gasteiger partial charge in [-0.25, -0.2) is 0 Å². The van der Waals surface area contributed by atoms with Crippen molar-refractivity contribution in [2.75, 3.05) is 6.54 Å². The van der Waals surface area contributed by atoms with Crippen LogP contribution in [-0.4, -0.2) is 6.54 Å². The molecule has 1 heteroatoms. The third-order valence-corrected chi connectivity index (χ3v) is 3.38. The molecule has 2 N–H and O–H groups in total. The van der Waals surface area contributed by atoms with Crippen LogP contribution in [0.1, 0.15) is 23.1 Å². The van der Waals surface area contributed by atoms with E-state index in [0.717, 1.165) is 19.4 Å². The van der Waals surface area contributed by atoms with Crippen LogP contribution in [0, 0.1) is 13.8 Å². The van der Waals surface area contributed by atoms with Crippen molar-refractivity contribution in [3.63, 3.8) is 0 Å². The Morgan fingerprint density at radius 1 is 0.889 bits per heavy atom. The maximum atomic E-state index is 5.59. The zero-order valence-electron chi connectivity index (χ0n) is 11.2. The molecule has 0 aliphatic rings. The van der Waals surface area contributed by atoms with E-state index in [1.54, 1.807) is 0 Å². The van der Waals surface area contributed by atoms with Gasteiger partial charge in [-0.15, -0.1) is 0 Å². The molecule has 18 heavy (non-hydrogen) atoms. The molecule has 0 saturated heterocycles. The summed E-state index contributed by atoms with van der Waals surface area (Å²) in [5.41, 5.74) is 12.3. The van der Waals surface area contributed by atoms with Crippen LogP contribution in [0.2, 0.25) is 0 Å². The van der Waals surface area contributed by atoms with Gasteiger partial charge >= 0.3 is 0 Å². The van der Waals surface area contributed by atoms with Crippen molar-refractivity contribution in [1.29, 1.82) is 0 Å². The standard InChI is InChI=1S/C17H21N/c1-13-5-8-15(9-6-13)17-10-7-14(2)16(12-17)4-3-11-18/h5-10,12H,3-4,11,18H2,1-2H3. The lowest BCUT2D eigenvalue weighted by Gasteiger charge is -2.09. The number of hydrogen-bond donors (Lipinski definition) is 1. The minimum absolute atomic E-state index is 0.758. The Morgan fingerprint density at radius 2 is 1.56 bits per heavy atom. The van der Waals surface area contributed by atoms with Crippen LogP contribution < -0.4 is 5.73 Å². The predicted octanol–water partition coefficient (Wildman–Crippen LogP) is 3.86. The van der Waals surface area contributed by atoms with Crippen LogP contribution in [0.4, 0.5) is 0 Å². The number of rotatable bonds is 4. The van der Waals surface area contributed by atoms with E-state index < -0.39 is 0 Å². The summed E-state index contributed by atoms with van der Waals surface area (Å²) in [6.45, 7) is 5.05. The average molecular weight is 239 g/mol. The summed E-state index contributed by atoms with van der Waals surface area (Å²) in [4.78, 5) is 0. The smallest absolute Gasteiger partial charge is 0.00741 e. The van der Waals surface area contributed by atoms with Crippen molar-refractivity contribution in [1.82, 2.24) is 0 Å². The van der Waals surface area contributed by atoms with Gasteiger partial charge in [0, 0.05) is 0 Å². The van der Waals surface area contributed by atoms with Crippen molar-refractivity contribution in [3.8, 4) is 11.1 Å². The van der Waals surface area contributed by atoms with Gasteiger partial charge in [-0.3, -0.25) is 0 Å². The summed E-state index contributed by atoms with van der Waals surface area (Å²) in [5.74, 6) is 0. The lowest BCUT2D eigenvalue weighted by Crippen LogP contribution is -2.01. The Labute approximate surface area is 110 Å². The third-order valence-electron chi connectivity index (χ3n) is 3.38. The zero-order chi connectivity index (χ0) is 13.0. The molecule has 0 amide bonds. The molecule has 0 unspecified atom stereocenters. The maximum absolute atomic E-state index is 5.59. The fourth-order valence-corrected chi connectivity index (χ4v) is 2.16. The van der Waals surface area contributed by atoms with Gasteiger partial charge < -0.3 is 5.73 Å². The van der Waals surface area contributed by atoms with Gasteiger partial charge in [0.15, 0.2) is 0 Å². The second-order valence-corrected chi connectivity index (χ2v) is 4.90. The molecule has 0 aliphatic carbocycles. The SMILES string of the molecule is Cc1ccc(-c2ccc(C)c(CCCN)c2)cc1. The summed E-state index contributed by atoms with van der Waals surface area (Å²) < 4.78 is 0. The van der Waals surface area contributed by atoms with Crippen molar-refractivity contribution in [2.24, 2.45) is 5.73 Å². The average Bonchev–Trinajstić information content (AvgIpc) is 2.39. The Hall–Kier alpha value is -1.60. The van der Waals surface area contributed by atoms with E-state index in [9.17, 15) is 0 Å². The Balaban J connectivity index is 2.31. The Bertz CT molecular complexity index is 512. The highest BCUT2D eigenvalue weighted by Crippen LogP contribution is 2.23. The topological polar surface area (TPSA) is 26.0 Å². The van der Waals surface area contributed by atoms with Gasteiger partial charge in [-0.1, -0.05) is 48.0 Å².